The summed E-state index contributed by atoms with van der Waals surface area (Å²) in [5.41, 5.74) is -2.79. The van der Waals surface area contributed by atoms with E-state index >= 15 is 0 Å². The summed E-state index contributed by atoms with van der Waals surface area (Å²) in [4.78, 5) is 46.6. The van der Waals surface area contributed by atoms with Gasteiger partial charge >= 0.3 is 5.97 Å². The molecule has 3 aliphatic rings. The highest BCUT2D eigenvalue weighted by atomic mass is 16.7. The van der Waals surface area contributed by atoms with Crippen molar-refractivity contribution in [1.29, 1.82) is 0 Å². The average Bonchev–Trinajstić information content (AvgIpc) is 3.04. The largest absolute Gasteiger partial charge is 0.460 e. The molecule has 14 atom stereocenters. The van der Waals surface area contributed by atoms with Crippen LogP contribution in [0.25, 0.3) is 0 Å². The van der Waals surface area contributed by atoms with Gasteiger partial charge in [0.05, 0.1) is 41.5 Å². The molecular weight excluding hydrogens is 698 g/mol. The third-order valence-corrected chi connectivity index (χ3v) is 11.4. The SMILES string of the molecule is CO[C@]1(C)C[C@H](O[C@H]2[C@H](C)[C@@H](O[C@@H]3O[C@H](C)C[C@H](N(C)C)[C@H]3O)[C@](C)(O)C[C@@H](C)CN(C)C(=O)C(CCC(=O)OC(C)(C)C)N(C)C(=O)[C@@H]2C)O[C@@H](C)C1. The van der Waals surface area contributed by atoms with E-state index in [0.29, 0.717) is 19.3 Å². The molecule has 3 saturated heterocycles. The zero-order valence-electron chi connectivity index (χ0n) is 35.8. The first-order valence-electron chi connectivity index (χ1n) is 19.8. The lowest BCUT2D eigenvalue weighted by Gasteiger charge is -2.48. The third kappa shape index (κ3) is 12.0. The monoisotopic (exact) mass is 772 g/mol. The Morgan fingerprint density at radius 3 is 2.17 bits per heavy atom. The van der Waals surface area contributed by atoms with Crippen LogP contribution in [0.4, 0.5) is 0 Å². The van der Waals surface area contributed by atoms with Crippen LogP contribution < -0.4 is 0 Å². The van der Waals surface area contributed by atoms with Gasteiger partial charge in [-0.1, -0.05) is 20.8 Å². The first-order chi connectivity index (χ1) is 24.8. The van der Waals surface area contributed by atoms with Crippen molar-refractivity contribution in [3.63, 3.8) is 0 Å². The Kier molecular flexibility index (Phi) is 16.0. The van der Waals surface area contributed by atoms with Gasteiger partial charge in [0, 0.05) is 59.0 Å². The third-order valence-electron chi connectivity index (χ3n) is 11.4. The second-order valence-corrected chi connectivity index (χ2v) is 18.3. The van der Waals surface area contributed by atoms with E-state index in [2.05, 4.69) is 0 Å². The summed E-state index contributed by atoms with van der Waals surface area (Å²) in [5.74, 6) is -2.96. The van der Waals surface area contributed by atoms with Crippen LogP contribution in [0, 0.1) is 17.8 Å². The molecule has 3 rings (SSSR count). The summed E-state index contributed by atoms with van der Waals surface area (Å²) in [7, 11) is 8.70. The second-order valence-electron chi connectivity index (χ2n) is 18.3. The van der Waals surface area contributed by atoms with Gasteiger partial charge in [0.25, 0.3) is 0 Å². The van der Waals surface area contributed by atoms with Crippen LogP contribution in [0.1, 0.15) is 108 Å². The molecule has 2 N–H and O–H groups in total. The highest BCUT2D eigenvalue weighted by molar-refractivity contribution is 5.89. The summed E-state index contributed by atoms with van der Waals surface area (Å²) < 4.78 is 37.5. The zero-order chi connectivity index (χ0) is 41.1. The summed E-state index contributed by atoms with van der Waals surface area (Å²) in [6.45, 7) is 18.7. The second kappa shape index (κ2) is 18.6. The number of likely N-dealkylation sites (N-methyl/N-ethyl adjacent to an activating group) is 3. The number of aliphatic hydroxyl groups is 2. The van der Waals surface area contributed by atoms with Gasteiger partial charge in [-0.15, -0.1) is 0 Å². The predicted molar refractivity (Wildman–Crippen MR) is 203 cm³/mol. The van der Waals surface area contributed by atoms with E-state index in [4.69, 9.17) is 28.4 Å². The van der Waals surface area contributed by atoms with Crippen LogP contribution in [0.5, 0.6) is 0 Å². The molecule has 0 aromatic rings. The van der Waals surface area contributed by atoms with E-state index in [9.17, 15) is 24.6 Å². The van der Waals surface area contributed by atoms with Gasteiger partial charge in [0.1, 0.15) is 17.7 Å². The van der Waals surface area contributed by atoms with E-state index in [1.807, 2.05) is 53.6 Å². The van der Waals surface area contributed by atoms with Crippen LogP contribution in [-0.4, -0.2) is 157 Å². The molecule has 14 nitrogen and oxygen atoms in total. The summed E-state index contributed by atoms with van der Waals surface area (Å²) in [6, 6.07) is -1.22. The molecule has 0 aromatic carbocycles. The number of amides is 2. The first kappa shape index (κ1) is 46.5. The van der Waals surface area contributed by atoms with E-state index in [1.54, 1.807) is 60.7 Å². The minimum atomic E-state index is -1.54. The van der Waals surface area contributed by atoms with Gasteiger partial charge in [-0.25, -0.2) is 0 Å². The Morgan fingerprint density at radius 1 is 0.963 bits per heavy atom. The van der Waals surface area contributed by atoms with Crippen molar-refractivity contribution in [2.45, 2.75) is 180 Å². The van der Waals surface area contributed by atoms with Crippen molar-refractivity contribution in [1.82, 2.24) is 14.7 Å². The van der Waals surface area contributed by atoms with Crippen molar-refractivity contribution in [2.24, 2.45) is 17.8 Å². The van der Waals surface area contributed by atoms with E-state index < -0.39 is 71.5 Å². The molecule has 314 valence electrons. The highest BCUT2D eigenvalue weighted by Gasteiger charge is 2.50. The van der Waals surface area contributed by atoms with Crippen molar-refractivity contribution in [3.8, 4) is 0 Å². The highest BCUT2D eigenvalue weighted by Crippen LogP contribution is 2.39. The Hall–Kier alpha value is -1.91. The maximum atomic E-state index is 14.7. The van der Waals surface area contributed by atoms with Gasteiger partial charge < -0.3 is 53.3 Å². The van der Waals surface area contributed by atoms with Gasteiger partial charge in [-0.05, 0) is 87.7 Å². The van der Waals surface area contributed by atoms with Crippen molar-refractivity contribution >= 4 is 17.8 Å². The fraction of sp³-hybridized carbons (Fsp3) is 0.925. The number of rotatable bonds is 9. The van der Waals surface area contributed by atoms with Crippen molar-refractivity contribution in [3.05, 3.63) is 0 Å². The Morgan fingerprint density at radius 2 is 1.59 bits per heavy atom. The molecule has 0 aliphatic carbocycles. The van der Waals surface area contributed by atoms with E-state index in [0.717, 1.165) is 0 Å². The molecule has 2 amide bonds. The van der Waals surface area contributed by atoms with Crippen LogP contribution in [-0.2, 0) is 42.8 Å². The topological polar surface area (TPSA) is 157 Å². The Balaban J connectivity index is 2.13. The summed E-state index contributed by atoms with van der Waals surface area (Å²) in [6.07, 6.45) is -3.39. The fourth-order valence-corrected chi connectivity index (χ4v) is 8.77. The molecule has 1 unspecified atom stereocenters. The minimum absolute atomic E-state index is 0.0591. The molecule has 3 fully saturated rings. The van der Waals surface area contributed by atoms with E-state index in [1.165, 1.54) is 4.90 Å². The van der Waals surface area contributed by atoms with Crippen molar-refractivity contribution in [2.75, 3.05) is 41.8 Å². The van der Waals surface area contributed by atoms with Gasteiger partial charge in [-0.3, -0.25) is 14.4 Å². The molecular formula is C40H73N3O11. The predicted octanol–water partition coefficient (Wildman–Crippen LogP) is 3.58. The number of methoxy groups -OCH3 is 1. The molecule has 0 aromatic heterocycles. The molecule has 14 heteroatoms. The molecule has 0 radical (unpaired) electrons. The first-order valence-corrected chi connectivity index (χ1v) is 19.8. The number of nitrogens with zero attached hydrogens (tertiary/aromatic N) is 3. The van der Waals surface area contributed by atoms with Gasteiger partial charge in [0.15, 0.2) is 12.6 Å². The summed E-state index contributed by atoms with van der Waals surface area (Å²) >= 11 is 0. The Bertz CT molecular complexity index is 1260. The average molecular weight is 772 g/mol. The lowest BCUT2D eigenvalue weighted by molar-refractivity contribution is -0.309. The lowest BCUT2D eigenvalue weighted by atomic mass is 9.77. The van der Waals surface area contributed by atoms with Gasteiger partial charge in [0.2, 0.25) is 11.8 Å². The molecule has 0 saturated carbocycles. The fourth-order valence-electron chi connectivity index (χ4n) is 8.77. The number of carbonyl (C=O) groups is 3. The Labute approximate surface area is 324 Å². The smallest absolute Gasteiger partial charge is 0.306 e. The number of esters is 1. The number of aliphatic hydroxyl groups excluding tert-OH is 1. The molecule has 54 heavy (non-hydrogen) atoms. The number of hydrogen-bond acceptors (Lipinski definition) is 12. The maximum Gasteiger partial charge on any atom is 0.306 e. The summed E-state index contributed by atoms with van der Waals surface area (Å²) in [5, 5.41) is 24.0. The number of hydrogen-bond donors (Lipinski definition) is 2. The van der Waals surface area contributed by atoms with Crippen molar-refractivity contribution < 1.29 is 53.0 Å². The molecule has 0 spiro atoms. The quantitative estimate of drug-likeness (QED) is 0.329. The van der Waals surface area contributed by atoms with Crippen LogP contribution >= 0.6 is 0 Å². The normalized spacial score (nSPS) is 40.9. The van der Waals surface area contributed by atoms with Crippen LogP contribution in [0.15, 0.2) is 0 Å². The maximum absolute atomic E-state index is 14.7. The van der Waals surface area contributed by atoms with Crippen LogP contribution in [0.3, 0.4) is 0 Å². The van der Waals surface area contributed by atoms with Crippen LogP contribution in [0.2, 0.25) is 0 Å². The number of carbonyl (C=O) groups excluding carboxylic acids is 3. The van der Waals surface area contributed by atoms with Gasteiger partial charge in [-0.2, -0.15) is 0 Å². The zero-order valence-corrected chi connectivity index (χ0v) is 35.8. The standard InChI is InChI=1S/C40H73N3O11/c1-23-19-40(10,48)34(53-37-32(45)29(41(11)12)18-24(2)51-37)26(4)33(52-31-21-39(9,49-15)20-25(3)50-31)27(5)35(46)43(14)28(36(47)42(13)22-23)16-17-30(44)54-38(6,7)8/h23-29,31-34,37,45,48H,16-22H2,1-15H3/t23-,24-,25+,26+,27-,28?,29+,31+,32-,33+,34-,37+,39+,40-/m1/s1. The van der Waals surface area contributed by atoms with E-state index in [-0.39, 0.29) is 61.8 Å². The number of ether oxygens (including phenoxy) is 6. The minimum Gasteiger partial charge on any atom is -0.460 e. The molecule has 3 aliphatic heterocycles. The lowest BCUT2D eigenvalue weighted by Crippen LogP contribution is -2.60. The molecule has 3 heterocycles. The molecule has 0 bridgehead atoms.